The number of nitro groups is 1. The normalized spacial score (nSPS) is 15.1. The standard InChI is InChI=1S/C20H24N4O5S/c1-22(2)18-9-8-15(14-19(18)24(26)27)20(25)23-12-10-16(11-13-23)21-30(28,29)17-6-4-3-5-7-17/h3-9,14,16,21H,10-13H2,1-2H3. The molecule has 0 radical (unpaired) electrons. The lowest BCUT2D eigenvalue weighted by molar-refractivity contribution is -0.384. The number of sulfonamides is 1. The van der Waals surface area contributed by atoms with Crippen molar-refractivity contribution in [3.05, 3.63) is 64.2 Å². The van der Waals surface area contributed by atoms with Crippen molar-refractivity contribution < 1.29 is 18.1 Å². The van der Waals surface area contributed by atoms with Gasteiger partial charge in [0, 0.05) is 44.9 Å². The second kappa shape index (κ2) is 8.80. The molecule has 2 aromatic carbocycles. The first-order valence-corrected chi connectivity index (χ1v) is 11.0. The Balaban J connectivity index is 1.66. The van der Waals surface area contributed by atoms with Gasteiger partial charge in [0.2, 0.25) is 10.0 Å². The highest BCUT2D eigenvalue weighted by atomic mass is 32.2. The summed E-state index contributed by atoms with van der Waals surface area (Å²) in [5.74, 6) is -0.298. The summed E-state index contributed by atoms with van der Waals surface area (Å²) in [5.41, 5.74) is 0.539. The maximum atomic E-state index is 12.8. The minimum absolute atomic E-state index is 0.128. The molecule has 1 saturated heterocycles. The van der Waals surface area contributed by atoms with Gasteiger partial charge in [-0.25, -0.2) is 13.1 Å². The molecule has 9 nitrogen and oxygen atoms in total. The number of nitrogens with one attached hydrogen (secondary N) is 1. The number of piperidine rings is 1. The number of hydrogen-bond acceptors (Lipinski definition) is 6. The van der Waals surface area contributed by atoms with Gasteiger partial charge in [0.1, 0.15) is 5.69 Å². The predicted molar refractivity (Wildman–Crippen MR) is 113 cm³/mol. The number of carbonyl (C=O) groups excluding carboxylic acids is 1. The molecule has 10 heteroatoms. The first-order chi connectivity index (χ1) is 14.2. The van der Waals surface area contributed by atoms with E-state index in [1.165, 1.54) is 18.2 Å². The van der Waals surface area contributed by atoms with Gasteiger partial charge in [-0.1, -0.05) is 18.2 Å². The van der Waals surface area contributed by atoms with Crippen molar-refractivity contribution in [1.82, 2.24) is 9.62 Å². The Morgan fingerprint density at radius 1 is 1.13 bits per heavy atom. The van der Waals surface area contributed by atoms with E-state index in [1.54, 1.807) is 54.2 Å². The zero-order chi connectivity index (χ0) is 21.9. The first-order valence-electron chi connectivity index (χ1n) is 9.51. The van der Waals surface area contributed by atoms with E-state index in [0.29, 0.717) is 31.6 Å². The average molecular weight is 433 g/mol. The van der Waals surface area contributed by atoms with Gasteiger partial charge < -0.3 is 9.80 Å². The SMILES string of the molecule is CN(C)c1ccc(C(=O)N2CCC(NS(=O)(=O)c3ccccc3)CC2)cc1[N+](=O)[O-]. The van der Waals surface area contributed by atoms with Crippen LogP contribution in [0.5, 0.6) is 0 Å². The van der Waals surface area contributed by atoms with E-state index >= 15 is 0 Å². The van der Waals surface area contributed by atoms with Crippen molar-refractivity contribution in [2.75, 3.05) is 32.1 Å². The molecule has 0 spiro atoms. The molecule has 0 saturated carbocycles. The monoisotopic (exact) mass is 432 g/mol. The fourth-order valence-electron chi connectivity index (χ4n) is 3.45. The molecule has 1 fully saturated rings. The van der Waals surface area contributed by atoms with Gasteiger partial charge in [0.25, 0.3) is 11.6 Å². The maximum Gasteiger partial charge on any atom is 0.293 e. The van der Waals surface area contributed by atoms with Crippen molar-refractivity contribution in [3.8, 4) is 0 Å². The van der Waals surface area contributed by atoms with Gasteiger partial charge in [0.05, 0.1) is 9.82 Å². The van der Waals surface area contributed by atoms with Crippen molar-refractivity contribution >= 4 is 27.3 Å². The largest absolute Gasteiger partial charge is 0.372 e. The summed E-state index contributed by atoms with van der Waals surface area (Å²) in [7, 11) is -0.212. The van der Waals surface area contributed by atoms with Crippen LogP contribution in [0.4, 0.5) is 11.4 Å². The Hall–Kier alpha value is -2.98. The Bertz CT molecular complexity index is 1030. The van der Waals surface area contributed by atoms with Crippen molar-refractivity contribution in [1.29, 1.82) is 0 Å². The van der Waals surface area contributed by atoms with Gasteiger partial charge in [-0.15, -0.1) is 0 Å². The molecule has 1 amide bonds. The number of nitro benzene ring substituents is 1. The summed E-state index contributed by atoms with van der Waals surface area (Å²) in [4.78, 5) is 27.1. The van der Waals surface area contributed by atoms with Crippen LogP contribution in [0.3, 0.4) is 0 Å². The molecule has 160 valence electrons. The minimum Gasteiger partial charge on any atom is -0.372 e. The molecule has 0 aromatic heterocycles. The van der Waals surface area contributed by atoms with E-state index in [4.69, 9.17) is 0 Å². The van der Waals surface area contributed by atoms with Gasteiger partial charge >= 0.3 is 0 Å². The zero-order valence-corrected chi connectivity index (χ0v) is 17.6. The van der Waals surface area contributed by atoms with E-state index in [2.05, 4.69) is 4.72 Å². The minimum atomic E-state index is -3.61. The van der Waals surface area contributed by atoms with Crippen LogP contribution in [-0.2, 0) is 10.0 Å². The molecule has 0 atom stereocenters. The number of hydrogen-bond donors (Lipinski definition) is 1. The fourth-order valence-corrected chi connectivity index (χ4v) is 4.78. The van der Waals surface area contributed by atoms with E-state index in [9.17, 15) is 23.3 Å². The summed E-state index contributed by atoms with van der Waals surface area (Å²) < 4.78 is 27.6. The van der Waals surface area contributed by atoms with Crippen LogP contribution in [-0.4, -0.2) is 57.4 Å². The van der Waals surface area contributed by atoms with Gasteiger partial charge in [-0.2, -0.15) is 0 Å². The van der Waals surface area contributed by atoms with Crippen LogP contribution in [0.2, 0.25) is 0 Å². The molecule has 1 heterocycles. The number of amides is 1. The van der Waals surface area contributed by atoms with E-state index in [0.717, 1.165) is 0 Å². The van der Waals surface area contributed by atoms with Crippen LogP contribution in [0.15, 0.2) is 53.4 Å². The fraction of sp³-hybridized carbons (Fsp3) is 0.350. The van der Waals surface area contributed by atoms with E-state index in [1.807, 2.05) is 0 Å². The molecule has 30 heavy (non-hydrogen) atoms. The van der Waals surface area contributed by atoms with Crippen LogP contribution in [0, 0.1) is 10.1 Å². The summed E-state index contributed by atoms with van der Waals surface area (Å²) in [6.45, 7) is 0.730. The third-order valence-corrected chi connectivity index (χ3v) is 6.59. The smallest absolute Gasteiger partial charge is 0.293 e. The van der Waals surface area contributed by atoms with Crippen LogP contribution in [0.1, 0.15) is 23.2 Å². The second-order valence-corrected chi connectivity index (χ2v) is 9.07. The Labute approximate surface area is 175 Å². The molecule has 1 N–H and O–H groups in total. The summed E-state index contributed by atoms with van der Waals surface area (Å²) in [5, 5.41) is 11.4. The highest BCUT2D eigenvalue weighted by molar-refractivity contribution is 7.89. The Morgan fingerprint density at radius 3 is 2.33 bits per heavy atom. The highest BCUT2D eigenvalue weighted by Gasteiger charge is 2.28. The number of nitrogens with zero attached hydrogens (tertiary/aromatic N) is 3. The Kier molecular flexibility index (Phi) is 6.37. The molecule has 0 aliphatic carbocycles. The summed E-state index contributed by atoms with van der Waals surface area (Å²) in [6, 6.07) is 12.3. The lowest BCUT2D eigenvalue weighted by atomic mass is 10.0. The summed E-state index contributed by atoms with van der Waals surface area (Å²) >= 11 is 0. The van der Waals surface area contributed by atoms with Crippen LogP contribution < -0.4 is 9.62 Å². The van der Waals surface area contributed by atoms with Crippen molar-refractivity contribution in [2.24, 2.45) is 0 Å². The zero-order valence-electron chi connectivity index (χ0n) is 16.8. The molecule has 0 unspecified atom stereocenters. The van der Waals surface area contributed by atoms with Crippen molar-refractivity contribution in [3.63, 3.8) is 0 Å². The van der Waals surface area contributed by atoms with Gasteiger partial charge in [-0.3, -0.25) is 14.9 Å². The molecule has 0 bridgehead atoms. The predicted octanol–water partition coefficient (Wildman–Crippen LogP) is 2.24. The third-order valence-electron chi connectivity index (χ3n) is 5.06. The van der Waals surface area contributed by atoms with Crippen LogP contribution >= 0.6 is 0 Å². The number of anilines is 1. The Morgan fingerprint density at radius 2 is 1.77 bits per heavy atom. The lowest BCUT2D eigenvalue weighted by Crippen LogP contribution is -2.46. The quantitative estimate of drug-likeness (QED) is 0.553. The van der Waals surface area contributed by atoms with Gasteiger partial charge in [0.15, 0.2) is 0 Å². The lowest BCUT2D eigenvalue weighted by Gasteiger charge is -2.32. The number of rotatable bonds is 6. The van der Waals surface area contributed by atoms with Crippen molar-refractivity contribution in [2.45, 2.75) is 23.8 Å². The molecule has 1 aliphatic heterocycles. The summed E-state index contributed by atoms with van der Waals surface area (Å²) in [6.07, 6.45) is 0.936. The van der Waals surface area contributed by atoms with Gasteiger partial charge in [-0.05, 0) is 37.1 Å². The first kappa shape index (κ1) is 21.7. The number of benzene rings is 2. The number of carbonyl (C=O) groups is 1. The number of likely N-dealkylation sites (tertiary alicyclic amines) is 1. The highest BCUT2D eigenvalue weighted by Crippen LogP contribution is 2.28. The molecular weight excluding hydrogens is 408 g/mol. The molecule has 3 rings (SSSR count). The topological polar surface area (TPSA) is 113 Å². The molecule has 2 aromatic rings. The van der Waals surface area contributed by atoms with E-state index < -0.39 is 14.9 Å². The van der Waals surface area contributed by atoms with Crippen LogP contribution in [0.25, 0.3) is 0 Å². The molecular formula is C20H24N4O5S. The second-order valence-electron chi connectivity index (χ2n) is 7.36. The average Bonchev–Trinajstić information content (AvgIpc) is 2.73. The molecule has 1 aliphatic rings. The maximum absolute atomic E-state index is 12.8. The third kappa shape index (κ3) is 4.77. The van der Waals surface area contributed by atoms with E-state index in [-0.39, 0.29) is 28.1 Å².